The van der Waals surface area contributed by atoms with Gasteiger partial charge in [0.2, 0.25) is 0 Å². The largest absolute Gasteiger partial charge is 0.481 e. The molecular weight excluding hydrogens is 190 g/mol. The number of hydrogen-bond donors (Lipinski definition) is 1. The van der Waals surface area contributed by atoms with Gasteiger partial charge in [-0.15, -0.1) is 0 Å². The average molecular weight is 201 g/mol. The maximum Gasteiger partial charge on any atom is 0.314 e. The molecule has 2 rings (SSSR count). The summed E-state index contributed by atoms with van der Waals surface area (Å²) in [5.74, 6) is -0.770. The van der Waals surface area contributed by atoms with Gasteiger partial charge in [0.25, 0.3) is 0 Å². The molecule has 0 atom stereocenters. The van der Waals surface area contributed by atoms with Gasteiger partial charge in [0.1, 0.15) is 0 Å². The number of carboxylic acid groups (broad SMARTS) is 1. The Bertz CT molecular complexity index is 441. The fraction of sp³-hybridized carbons (Fsp3) is 0.333. The summed E-state index contributed by atoms with van der Waals surface area (Å²) in [6, 6.07) is 9.41. The molecule has 1 aliphatic rings. The molecule has 0 aliphatic heterocycles. The van der Waals surface area contributed by atoms with Crippen LogP contribution in [0.15, 0.2) is 24.3 Å². The molecule has 1 N–H and O–H groups in total. The zero-order valence-electron chi connectivity index (χ0n) is 8.23. The van der Waals surface area contributed by atoms with E-state index >= 15 is 0 Å². The highest BCUT2D eigenvalue weighted by atomic mass is 16.4. The van der Waals surface area contributed by atoms with E-state index in [1.807, 2.05) is 24.3 Å². The molecule has 1 aromatic rings. The summed E-state index contributed by atoms with van der Waals surface area (Å²) in [4.78, 5) is 11.2. The third-order valence-electron chi connectivity index (χ3n) is 2.96. The van der Waals surface area contributed by atoms with Crippen molar-refractivity contribution in [3.05, 3.63) is 35.4 Å². The normalized spacial score (nSPS) is 16.7. The summed E-state index contributed by atoms with van der Waals surface area (Å²) in [5.41, 5.74) is 0.965. The monoisotopic (exact) mass is 201 g/mol. The van der Waals surface area contributed by atoms with E-state index in [1.54, 1.807) is 0 Å². The highest BCUT2D eigenvalue weighted by Gasteiger charge is 2.52. The molecule has 3 nitrogen and oxygen atoms in total. The number of hydrogen-bond acceptors (Lipinski definition) is 2. The van der Waals surface area contributed by atoms with E-state index in [0.717, 1.165) is 11.1 Å². The topological polar surface area (TPSA) is 61.1 Å². The molecule has 1 fully saturated rings. The van der Waals surface area contributed by atoms with Crippen molar-refractivity contribution in [3.8, 4) is 6.07 Å². The number of nitrogens with zero attached hydrogens (tertiary/aromatic N) is 1. The van der Waals surface area contributed by atoms with E-state index in [1.165, 1.54) is 0 Å². The lowest BCUT2D eigenvalue weighted by Gasteiger charge is -2.13. The predicted octanol–water partition coefficient (Wildman–Crippen LogP) is 1.87. The lowest BCUT2D eigenvalue weighted by atomic mass is 9.90. The van der Waals surface area contributed by atoms with Crippen LogP contribution in [-0.4, -0.2) is 11.1 Å². The maximum absolute atomic E-state index is 11.2. The minimum absolute atomic E-state index is 0.283. The van der Waals surface area contributed by atoms with Crippen LogP contribution in [0.4, 0.5) is 0 Å². The second-order valence-corrected chi connectivity index (χ2v) is 3.88. The van der Waals surface area contributed by atoms with E-state index < -0.39 is 11.4 Å². The summed E-state index contributed by atoms with van der Waals surface area (Å²) < 4.78 is 0. The van der Waals surface area contributed by atoms with Gasteiger partial charge in [-0.3, -0.25) is 4.79 Å². The molecular formula is C12H11NO2. The van der Waals surface area contributed by atoms with Crippen LogP contribution in [0.25, 0.3) is 0 Å². The van der Waals surface area contributed by atoms with E-state index in [2.05, 4.69) is 6.07 Å². The molecule has 0 bridgehead atoms. The first-order chi connectivity index (χ1) is 7.20. The minimum atomic E-state index is -0.770. The third-order valence-corrected chi connectivity index (χ3v) is 2.96. The van der Waals surface area contributed by atoms with Gasteiger partial charge in [0, 0.05) is 0 Å². The third kappa shape index (κ3) is 1.48. The minimum Gasteiger partial charge on any atom is -0.481 e. The van der Waals surface area contributed by atoms with Gasteiger partial charge < -0.3 is 5.11 Å². The van der Waals surface area contributed by atoms with Crippen molar-refractivity contribution in [2.45, 2.75) is 24.7 Å². The Morgan fingerprint density at radius 3 is 2.67 bits per heavy atom. The average Bonchev–Trinajstić information content (AvgIpc) is 3.00. The van der Waals surface area contributed by atoms with Crippen LogP contribution in [0.2, 0.25) is 0 Å². The second-order valence-electron chi connectivity index (χ2n) is 3.88. The zero-order chi connectivity index (χ0) is 10.9. The quantitative estimate of drug-likeness (QED) is 0.812. The Labute approximate surface area is 88.0 Å². The van der Waals surface area contributed by atoms with Crippen LogP contribution in [0.3, 0.4) is 0 Å². The highest BCUT2D eigenvalue weighted by Crippen LogP contribution is 2.49. The van der Waals surface area contributed by atoms with Gasteiger partial charge in [0.15, 0.2) is 0 Å². The Kier molecular flexibility index (Phi) is 2.20. The molecule has 15 heavy (non-hydrogen) atoms. The Balaban J connectivity index is 2.45. The summed E-state index contributed by atoms with van der Waals surface area (Å²) >= 11 is 0. The summed E-state index contributed by atoms with van der Waals surface area (Å²) in [6.07, 6.45) is 1.65. The molecule has 0 unspecified atom stereocenters. The van der Waals surface area contributed by atoms with Crippen LogP contribution in [0, 0.1) is 11.3 Å². The van der Waals surface area contributed by atoms with Crippen molar-refractivity contribution in [3.63, 3.8) is 0 Å². The first kappa shape index (κ1) is 9.72. The number of nitriles is 1. The van der Waals surface area contributed by atoms with E-state index in [4.69, 9.17) is 10.4 Å². The molecule has 0 heterocycles. The SMILES string of the molecule is N#CCc1ccccc1C1(C(=O)O)CC1. The number of benzene rings is 1. The van der Waals surface area contributed by atoms with Crippen LogP contribution < -0.4 is 0 Å². The molecule has 1 aliphatic carbocycles. The molecule has 0 aromatic heterocycles. The van der Waals surface area contributed by atoms with Gasteiger partial charge in [-0.2, -0.15) is 5.26 Å². The van der Waals surface area contributed by atoms with Gasteiger partial charge in [-0.05, 0) is 24.0 Å². The van der Waals surface area contributed by atoms with Crippen molar-refractivity contribution in [2.75, 3.05) is 0 Å². The lowest BCUT2D eigenvalue weighted by Crippen LogP contribution is -2.21. The van der Waals surface area contributed by atoms with Crippen molar-refractivity contribution in [1.82, 2.24) is 0 Å². The predicted molar refractivity (Wildman–Crippen MR) is 54.3 cm³/mol. The summed E-state index contributed by atoms with van der Waals surface area (Å²) in [6.45, 7) is 0. The molecule has 1 aromatic carbocycles. The van der Waals surface area contributed by atoms with Crippen molar-refractivity contribution < 1.29 is 9.90 Å². The van der Waals surface area contributed by atoms with Gasteiger partial charge in [0.05, 0.1) is 17.9 Å². The summed E-state index contributed by atoms with van der Waals surface area (Å²) in [7, 11) is 0. The van der Waals surface area contributed by atoms with Gasteiger partial charge in [-0.1, -0.05) is 24.3 Å². The second kappa shape index (κ2) is 3.39. The first-order valence-corrected chi connectivity index (χ1v) is 4.89. The lowest BCUT2D eigenvalue weighted by molar-refractivity contribution is -0.140. The van der Waals surface area contributed by atoms with Crippen LogP contribution >= 0.6 is 0 Å². The number of aliphatic carboxylic acids is 1. The number of carboxylic acids is 1. The Morgan fingerprint density at radius 2 is 2.13 bits per heavy atom. The fourth-order valence-electron chi connectivity index (χ4n) is 1.95. The Hall–Kier alpha value is -1.82. The zero-order valence-corrected chi connectivity index (χ0v) is 8.23. The van der Waals surface area contributed by atoms with Crippen LogP contribution in [0.5, 0.6) is 0 Å². The molecule has 0 saturated heterocycles. The molecule has 1 saturated carbocycles. The number of rotatable bonds is 3. The molecule has 0 spiro atoms. The first-order valence-electron chi connectivity index (χ1n) is 4.89. The smallest absolute Gasteiger partial charge is 0.314 e. The van der Waals surface area contributed by atoms with E-state index in [-0.39, 0.29) is 6.42 Å². The highest BCUT2D eigenvalue weighted by molar-refractivity contribution is 5.85. The fourth-order valence-corrected chi connectivity index (χ4v) is 1.95. The molecule has 3 heteroatoms. The van der Waals surface area contributed by atoms with Crippen LogP contribution in [0.1, 0.15) is 24.0 Å². The van der Waals surface area contributed by atoms with Crippen molar-refractivity contribution in [2.24, 2.45) is 0 Å². The summed E-state index contributed by atoms with van der Waals surface area (Å²) in [5, 5.41) is 17.8. The number of carbonyl (C=O) groups is 1. The molecule has 0 radical (unpaired) electrons. The molecule has 76 valence electrons. The Morgan fingerprint density at radius 1 is 1.47 bits per heavy atom. The van der Waals surface area contributed by atoms with Crippen molar-refractivity contribution in [1.29, 1.82) is 5.26 Å². The van der Waals surface area contributed by atoms with Crippen molar-refractivity contribution >= 4 is 5.97 Å². The van der Waals surface area contributed by atoms with E-state index in [9.17, 15) is 4.79 Å². The molecule has 0 amide bonds. The van der Waals surface area contributed by atoms with E-state index in [0.29, 0.717) is 12.8 Å². The van der Waals surface area contributed by atoms with Gasteiger partial charge >= 0.3 is 5.97 Å². The maximum atomic E-state index is 11.2. The standard InChI is InChI=1S/C12H11NO2/c13-8-5-9-3-1-2-4-10(9)12(6-7-12)11(14)15/h1-4H,5-7H2,(H,14,15). The van der Waals surface area contributed by atoms with Gasteiger partial charge in [-0.25, -0.2) is 0 Å². The van der Waals surface area contributed by atoms with Crippen LogP contribution in [-0.2, 0) is 16.6 Å².